The van der Waals surface area contributed by atoms with E-state index in [-0.39, 0.29) is 22.0 Å². The van der Waals surface area contributed by atoms with Crippen LogP contribution in [0.1, 0.15) is 36.2 Å². The summed E-state index contributed by atoms with van der Waals surface area (Å²) in [6, 6.07) is 2.60. The normalized spacial score (nSPS) is 11.4. The second-order valence-electron chi connectivity index (χ2n) is 5.08. The molecule has 0 unspecified atom stereocenters. The van der Waals surface area contributed by atoms with Crippen molar-refractivity contribution in [1.29, 1.82) is 0 Å². The third-order valence-electron chi connectivity index (χ3n) is 2.55. The number of hydrogen-bond donors (Lipinski definition) is 2. The zero-order valence-electron chi connectivity index (χ0n) is 10.8. The fourth-order valence-electron chi connectivity index (χ4n) is 1.41. The molecule has 1 aromatic rings. The van der Waals surface area contributed by atoms with Crippen LogP contribution in [0.5, 0.6) is 0 Å². The predicted molar refractivity (Wildman–Crippen MR) is 71.4 cm³/mol. The van der Waals surface area contributed by atoms with Crippen LogP contribution in [-0.2, 0) is 0 Å². The van der Waals surface area contributed by atoms with Crippen LogP contribution in [-0.4, -0.2) is 18.0 Å². The second kappa shape index (κ2) is 5.67. The Morgan fingerprint density at radius 2 is 2.11 bits per heavy atom. The van der Waals surface area contributed by atoms with Gasteiger partial charge in [-0.05, 0) is 44.9 Å². The van der Waals surface area contributed by atoms with E-state index in [1.54, 1.807) is 6.92 Å². The third kappa shape index (κ3) is 4.27. The molecule has 0 spiro atoms. The number of benzene rings is 1. The Morgan fingerprint density at radius 1 is 1.50 bits per heavy atom. The first-order valence-corrected chi connectivity index (χ1v) is 6.11. The zero-order chi connectivity index (χ0) is 13.9. The minimum absolute atomic E-state index is 0.148. The van der Waals surface area contributed by atoms with Crippen LogP contribution < -0.4 is 11.1 Å². The number of nitrogens with two attached hydrogens (primary N) is 1. The first-order chi connectivity index (χ1) is 8.20. The first-order valence-electron chi connectivity index (χ1n) is 5.73. The number of nitrogens with one attached hydrogen (secondary N) is 1. The van der Waals surface area contributed by atoms with Crippen molar-refractivity contribution in [2.24, 2.45) is 5.73 Å². The summed E-state index contributed by atoms with van der Waals surface area (Å²) in [6.07, 6.45) is 0.630. The van der Waals surface area contributed by atoms with Gasteiger partial charge in [-0.3, -0.25) is 4.79 Å². The Kier molecular flexibility index (Phi) is 4.71. The van der Waals surface area contributed by atoms with Gasteiger partial charge >= 0.3 is 0 Å². The van der Waals surface area contributed by atoms with Gasteiger partial charge in [0.15, 0.2) is 0 Å². The highest BCUT2D eigenvalue weighted by Gasteiger charge is 2.15. The van der Waals surface area contributed by atoms with E-state index in [0.29, 0.717) is 18.5 Å². The lowest BCUT2D eigenvalue weighted by Gasteiger charge is -2.18. The van der Waals surface area contributed by atoms with Gasteiger partial charge in [0.25, 0.3) is 5.91 Å². The summed E-state index contributed by atoms with van der Waals surface area (Å²) in [4.78, 5) is 11.8. The molecule has 1 rings (SSSR count). The molecule has 0 fully saturated rings. The molecule has 0 atom stereocenters. The number of carbonyl (C=O) groups is 1. The molecule has 18 heavy (non-hydrogen) atoms. The Morgan fingerprint density at radius 3 is 2.67 bits per heavy atom. The predicted octanol–water partition coefficient (Wildman–Crippen LogP) is 2.64. The number of carbonyl (C=O) groups excluding carboxylic acids is 1. The monoisotopic (exact) mass is 272 g/mol. The van der Waals surface area contributed by atoms with Crippen LogP contribution >= 0.6 is 11.6 Å². The molecule has 0 radical (unpaired) electrons. The van der Waals surface area contributed by atoms with Crippen LogP contribution in [0.25, 0.3) is 0 Å². The van der Waals surface area contributed by atoms with E-state index in [9.17, 15) is 9.18 Å². The number of hydrogen-bond acceptors (Lipinski definition) is 2. The summed E-state index contributed by atoms with van der Waals surface area (Å²) in [5.74, 6) is -0.827. The molecule has 0 aliphatic carbocycles. The average Bonchev–Trinajstić information content (AvgIpc) is 2.21. The highest BCUT2D eigenvalue weighted by Crippen LogP contribution is 2.20. The molecule has 1 amide bonds. The van der Waals surface area contributed by atoms with Gasteiger partial charge in [-0.2, -0.15) is 0 Å². The summed E-state index contributed by atoms with van der Waals surface area (Å²) in [7, 11) is 0. The van der Waals surface area contributed by atoms with Gasteiger partial charge in [-0.1, -0.05) is 11.6 Å². The zero-order valence-corrected chi connectivity index (χ0v) is 11.6. The quantitative estimate of drug-likeness (QED) is 0.885. The molecule has 100 valence electrons. The number of halogens is 2. The molecule has 3 N–H and O–H groups in total. The summed E-state index contributed by atoms with van der Waals surface area (Å²) in [5, 5.41) is 2.92. The van der Waals surface area contributed by atoms with Crippen molar-refractivity contribution < 1.29 is 9.18 Å². The number of aryl methyl sites for hydroxylation is 1. The molecular formula is C13H18ClFN2O. The van der Waals surface area contributed by atoms with Gasteiger partial charge in [0, 0.05) is 12.1 Å². The Labute approximate surface area is 112 Å². The Bertz CT molecular complexity index is 455. The van der Waals surface area contributed by atoms with Gasteiger partial charge < -0.3 is 11.1 Å². The smallest absolute Gasteiger partial charge is 0.252 e. The van der Waals surface area contributed by atoms with Crippen molar-refractivity contribution in [3.8, 4) is 0 Å². The minimum atomic E-state index is -0.441. The van der Waals surface area contributed by atoms with Gasteiger partial charge in [-0.15, -0.1) is 0 Å². The summed E-state index contributed by atoms with van der Waals surface area (Å²) in [6.45, 7) is 5.77. The molecule has 0 bridgehead atoms. The van der Waals surface area contributed by atoms with Crippen LogP contribution in [0.15, 0.2) is 12.1 Å². The lowest BCUT2D eigenvalue weighted by Crippen LogP contribution is -2.37. The van der Waals surface area contributed by atoms with Crippen molar-refractivity contribution in [1.82, 2.24) is 5.32 Å². The van der Waals surface area contributed by atoms with Crippen LogP contribution in [0.3, 0.4) is 0 Å². The molecule has 0 aliphatic rings. The second-order valence-corrected chi connectivity index (χ2v) is 5.48. The van der Waals surface area contributed by atoms with Crippen molar-refractivity contribution in [3.63, 3.8) is 0 Å². The maximum absolute atomic E-state index is 13.4. The van der Waals surface area contributed by atoms with E-state index < -0.39 is 5.82 Å². The Hall–Kier alpha value is -1.13. The van der Waals surface area contributed by atoms with E-state index in [1.807, 2.05) is 13.8 Å². The largest absolute Gasteiger partial charge is 0.352 e. The van der Waals surface area contributed by atoms with E-state index in [2.05, 4.69) is 5.32 Å². The van der Waals surface area contributed by atoms with Gasteiger partial charge in [0.2, 0.25) is 0 Å². The highest BCUT2D eigenvalue weighted by molar-refractivity contribution is 6.33. The average molecular weight is 273 g/mol. The molecule has 0 aromatic heterocycles. The lowest BCUT2D eigenvalue weighted by atomic mass is 10.0. The fraction of sp³-hybridized carbons (Fsp3) is 0.462. The first kappa shape index (κ1) is 14.9. The molecule has 3 nitrogen and oxygen atoms in total. The van der Waals surface area contributed by atoms with Crippen LogP contribution in [0, 0.1) is 12.7 Å². The molecule has 0 heterocycles. The molecule has 5 heteroatoms. The van der Waals surface area contributed by atoms with Crippen molar-refractivity contribution in [2.75, 3.05) is 6.54 Å². The summed E-state index contributed by atoms with van der Waals surface area (Å²) in [5.41, 5.74) is 6.01. The number of amides is 1. The van der Waals surface area contributed by atoms with Gasteiger partial charge in [0.1, 0.15) is 5.82 Å². The third-order valence-corrected chi connectivity index (χ3v) is 2.86. The lowest BCUT2D eigenvalue weighted by molar-refractivity contribution is 0.0951. The maximum atomic E-state index is 13.4. The van der Waals surface area contributed by atoms with Gasteiger partial charge in [-0.25, -0.2) is 4.39 Å². The summed E-state index contributed by atoms with van der Waals surface area (Å²) < 4.78 is 13.4. The minimum Gasteiger partial charge on any atom is -0.352 e. The standard InChI is InChI=1S/C13H18ClFN2O/c1-8-6-10(14)9(7-11(8)15)12(18)17-5-4-13(2,3)16/h6-7H,4-5,16H2,1-3H3,(H,17,18). The van der Waals surface area contributed by atoms with E-state index in [4.69, 9.17) is 17.3 Å². The Balaban J connectivity index is 2.70. The van der Waals surface area contributed by atoms with E-state index in [0.717, 1.165) is 6.07 Å². The SMILES string of the molecule is Cc1cc(Cl)c(C(=O)NCCC(C)(C)N)cc1F. The molecule has 0 saturated heterocycles. The van der Waals surface area contributed by atoms with Crippen molar-refractivity contribution in [2.45, 2.75) is 32.7 Å². The van der Waals surface area contributed by atoms with Crippen LogP contribution in [0.4, 0.5) is 4.39 Å². The fourth-order valence-corrected chi connectivity index (χ4v) is 1.72. The highest BCUT2D eigenvalue weighted by atomic mass is 35.5. The van der Waals surface area contributed by atoms with E-state index in [1.165, 1.54) is 6.07 Å². The molecule has 0 saturated carbocycles. The van der Waals surface area contributed by atoms with Crippen molar-refractivity contribution in [3.05, 3.63) is 34.1 Å². The van der Waals surface area contributed by atoms with Crippen molar-refractivity contribution >= 4 is 17.5 Å². The molecule has 1 aromatic carbocycles. The van der Waals surface area contributed by atoms with Gasteiger partial charge in [0.05, 0.1) is 10.6 Å². The van der Waals surface area contributed by atoms with Crippen LogP contribution in [0.2, 0.25) is 5.02 Å². The molecular weight excluding hydrogens is 255 g/mol. The number of rotatable bonds is 4. The molecule has 0 aliphatic heterocycles. The maximum Gasteiger partial charge on any atom is 0.252 e. The van der Waals surface area contributed by atoms with E-state index >= 15 is 0 Å². The topological polar surface area (TPSA) is 55.1 Å². The summed E-state index contributed by atoms with van der Waals surface area (Å²) >= 11 is 5.91.